The van der Waals surface area contributed by atoms with Crippen LogP contribution in [0.15, 0.2) is 0 Å². The summed E-state index contributed by atoms with van der Waals surface area (Å²) >= 11 is 0. The Bertz CT molecular complexity index is 380. The molecule has 1 aliphatic rings. The number of hydrazine groups is 1. The molecule has 8 nitrogen and oxygen atoms in total. The maximum atomic E-state index is 5.37. The summed E-state index contributed by atoms with van der Waals surface area (Å²) in [5.74, 6) is 6.91. The van der Waals surface area contributed by atoms with E-state index in [-0.39, 0.29) is 0 Å². The van der Waals surface area contributed by atoms with Crippen LogP contribution in [0.1, 0.15) is 13.3 Å². The van der Waals surface area contributed by atoms with Gasteiger partial charge in [0.2, 0.25) is 17.8 Å². The second-order valence-electron chi connectivity index (χ2n) is 3.95. The number of rotatable bonds is 5. The first-order valence-corrected chi connectivity index (χ1v) is 6.12. The molecule has 0 unspecified atom stereocenters. The van der Waals surface area contributed by atoms with Crippen molar-refractivity contribution in [2.75, 3.05) is 48.5 Å². The molecule has 100 valence electrons. The molecule has 2 heterocycles. The highest BCUT2D eigenvalue weighted by molar-refractivity contribution is 5.43. The third kappa shape index (κ3) is 3.17. The summed E-state index contributed by atoms with van der Waals surface area (Å²) < 4.78 is 5.30. The van der Waals surface area contributed by atoms with Gasteiger partial charge in [0.05, 0.1) is 13.2 Å². The summed E-state index contributed by atoms with van der Waals surface area (Å²) in [5, 5.41) is 3.13. The highest BCUT2D eigenvalue weighted by atomic mass is 16.5. The van der Waals surface area contributed by atoms with Crippen LogP contribution in [0.3, 0.4) is 0 Å². The predicted octanol–water partition coefficient (Wildman–Crippen LogP) is -0.184. The van der Waals surface area contributed by atoms with Crippen molar-refractivity contribution in [3.05, 3.63) is 0 Å². The number of anilines is 3. The van der Waals surface area contributed by atoms with Crippen LogP contribution in [0.4, 0.5) is 17.8 Å². The van der Waals surface area contributed by atoms with E-state index in [0.29, 0.717) is 31.1 Å². The Balaban J connectivity index is 2.16. The molecule has 0 spiro atoms. The average molecular weight is 253 g/mol. The molecule has 2 rings (SSSR count). The smallest absolute Gasteiger partial charge is 0.243 e. The first kappa shape index (κ1) is 12.8. The Morgan fingerprint density at radius 3 is 2.61 bits per heavy atom. The van der Waals surface area contributed by atoms with E-state index in [1.54, 1.807) is 0 Å². The van der Waals surface area contributed by atoms with Crippen LogP contribution in [0.5, 0.6) is 0 Å². The molecule has 1 aliphatic heterocycles. The Labute approximate surface area is 106 Å². The van der Waals surface area contributed by atoms with Crippen molar-refractivity contribution in [2.45, 2.75) is 13.3 Å². The summed E-state index contributed by atoms with van der Waals surface area (Å²) in [5.41, 5.74) is 2.46. The zero-order valence-corrected chi connectivity index (χ0v) is 10.5. The quantitative estimate of drug-likeness (QED) is 0.490. The highest BCUT2D eigenvalue weighted by Gasteiger charge is 2.16. The van der Waals surface area contributed by atoms with Crippen molar-refractivity contribution in [3.63, 3.8) is 0 Å². The summed E-state index contributed by atoms with van der Waals surface area (Å²) in [6.07, 6.45) is 1.00. The van der Waals surface area contributed by atoms with Gasteiger partial charge in [-0.15, -0.1) is 0 Å². The summed E-state index contributed by atoms with van der Waals surface area (Å²) in [6.45, 7) is 5.84. The molecule has 1 saturated heterocycles. The fourth-order valence-corrected chi connectivity index (χ4v) is 1.65. The number of hydrogen-bond donors (Lipinski definition) is 3. The monoisotopic (exact) mass is 253 g/mol. The summed E-state index contributed by atoms with van der Waals surface area (Å²) in [7, 11) is 0. The lowest BCUT2D eigenvalue weighted by Crippen LogP contribution is -2.37. The molecule has 8 heteroatoms. The van der Waals surface area contributed by atoms with Gasteiger partial charge in [-0.2, -0.15) is 15.0 Å². The van der Waals surface area contributed by atoms with Gasteiger partial charge in [-0.05, 0) is 6.42 Å². The lowest BCUT2D eigenvalue weighted by molar-refractivity contribution is 0.122. The normalized spacial score (nSPS) is 15.6. The molecule has 0 atom stereocenters. The molecule has 1 aromatic rings. The van der Waals surface area contributed by atoms with Crippen molar-refractivity contribution in [1.82, 2.24) is 15.0 Å². The van der Waals surface area contributed by atoms with E-state index < -0.39 is 0 Å². The Hall–Kier alpha value is -1.67. The van der Waals surface area contributed by atoms with E-state index in [2.05, 4.69) is 37.5 Å². The van der Waals surface area contributed by atoms with Crippen molar-refractivity contribution in [1.29, 1.82) is 0 Å². The predicted molar refractivity (Wildman–Crippen MR) is 69.4 cm³/mol. The van der Waals surface area contributed by atoms with Gasteiger partial charge in [0.15, 0.2) is 0 Å². The molecule has 0 aliphatic carbocycles. The van der Waals surface area contributed by atoms with E-state index in [0.717, 1.165) is 26.1 Å². The molecular formula is C10H19N7O. The molecule has 1 fully saturated rings. The van der Waals surface area contributed by atoms with E-state index in [4.69, 9.17) is 10.6 Å². The SMILES string of the molecule is CCCNc1nc(NN)nc(N2CCOCC2)n1. The van der Waals surface area contributed by atoms with Gasteiger partial charge < -0.3 is 15.0 Å². The number of ether oxygens (including phenoxy) is 1. The number of hydrogen-bond acceptors (Lipinski definition) is 8. The van der Waals surface area contributed by atoms with Gasteiger partial charge in [-0.25, -0.2) is 5.84 Å². The molecule has 1 aromatic heterocycles. The molecule has 0 aromatic carbocycles. The minimum absolute atomic E-state index is 0.366. The van der Waals surface area contributed by atoms with E-state index in [1.807, 2.05) is 0 Å². The minimum Gasteiger partial charge on any atom is -0.378 e. The van der Waals surface area contributed by atoms with Crippen LogP contribution in [0, 0.1) is 0 Å². The first-order chi connectivity index (χ1) is 8.83. The van der Waals surface area contributed by atoms with Gasteiger partial charge in [0.1, 0.15) is 0 Å². The topological polar surface area (TPSA) is 101 Å². The van der Waals surface area contributed by atoms with Gasteiger partial charge in [0, 0.05) is 19.6 Å². The van der Waals surface area contributed by atoms with Gasteiger partial charge in [-0.3, -0.25) is 5.43 Å². The number of nitrogens with two attached hydrogens (primary N) is 1. The standard InChI is InChI=1S/C10H19N7O/c1-2-3-12-8-13-9(16-11)15-10(14-8)17-4-6-18-7-5-17/h2-7,11H2,1H3,(H2,12,13,14,15,16). The fraction of sp³-hybridized carbons (Fsp3) is 0.700. The van der Waals surface area contributed by atoms with Crippen molar-refractivity contribution in [3.8, 4) is 0 Å². The Morgan fingerprint density at radius 2 is 1.94 bits per heavy atom. The van der Waals surface area contributed by atoms with Crippen LogP contribution < -0.4 is 21.5 Å². The van der Waals surface area contributed by atoms with E-state index in [9.17, 15) is 0 Å². The van der Waals surface area contributed by atoms with Gasteiger partial charge in [0.25, 0.3) is 0 Å². The summed E-state index contributed by atoms with van der Waals surface area (Å²) in [6, 6.07) is 0. The number of nitrogens with one attached hydrogen (secondary N) is 2. The Morgan fingerprint density at radius 1 is 1.22 bits per heavy atom. The summed E-state index contributed by atoms with van der Waals surface area (Å²) in [4.78, 5) is 14.9. The average Bonchev–Trinajstić information content (AvgIpc) is 2.45. The maximum absolute atomic E-state index is 5.37. The van der Waals surface area contributed by atoms with E-state index >= 15 is 0 Å². The van der Waals surface area contributed by atoms with Crippen LogP contribution in [0.25, 0.3) is 0 Å². The molecule has 0 amide bonds. The van der Waals surface area contributed by atoms with Crippen molar-refractivity contribution in [2.24, 2.45) is 5.84 Å². The maximum Gasteiger partial charge on any atom is 0.243 e. The molecule has 4 N–H and O–H groups in total. The molecule has 0 saturated carbocycles. The molecule has 18 heavy (non-hydrogen) atoms. The molecule has 0 bridgehead atoms. The number of morpholine rings is 1. The second kappa shape index (κ2) is 6.31. The van der Waals surface area contributed by atoms with Crippen LogP contribution in [-0.4, -0.2) is 47.8 Å². The Kier molecular flexibility index (Phi) is 4.48. The largest absolute Gasteiger partial charge is 0.378 e. The highest BCUT2D eigenvalue weighted by Crippen LogP contribution is 2.14. The number of nitrogen functional groups attached to an aromatic ring is 1. The lowest BCUT2D eigenvalue weighted by atomic mass is 10.4. The third-order valence-electron chi connectivity index (χ3n) is 2.58. The third-order valence-corrected chi connectivity index (χ3v) is 2.58. The fourth-order valence-electron chi connectivity index (χ4n) is 1.65. The van der Waals surface area contributed by atoms with Crippen LogP contribution in [-0.2, 0) is 4.74 Å². The lowest BCUT2D eigenvalue weighted by Gasteiger charge is -2.27. The van der Waals surface area contributed by atoms with Gasteiger partial charge >= 0.3 is 0 Å². The van der Waals surface area contributed by atoms with Crippen molar-refractivity contribution < 1.29 is 4.74 Å². The first-order valence-electron chi connectivity index (χ1n) is 6.12. The van der Waals surface area contributed by atoms with Crippen molar-refractivity contribution >= 4 is 17.8 Å². The zero-order chi connectivity index (χ0) is 12.8. The zero-order valence-electron chi connectivity index (χ0n) is 10.5. The second-order valence-corrected chi connectivity index (χ2v) is 3.95. The van der Waals surface area contributed by atoms with Gasteiger partial charge in [-0.1, -0.05) is 6.92 Å². The number of nitrogens with zero attached hydrogens (tertiary/aromatic N) is 4. The minimum atomic E-state index is 0.366. The molecular weight excluding hydrogens is 234 g/mol. The molecule has 0 radical (unpaired) electrons. The van der Waals surface area contributed by atoms with Crippen LogP contribution in [0.2, 0.25) is 0 Å². The number of aromatic nitrogens is 3. The van der Waals surface area contributed by atoms with Crippen LogP contribution >= 0.6 is 0 Å². The van der Waals surface area contributed by atoms with E-state index in [1.165, 1.54) is 0 Å².